The first-order valence-corrected chi connectivity index (χ1v) is 6.66. The van der Waals surface area contributed by atoms with Crippen LogP contribution in [0.15, 0.2) is 36.4 Å². The smallest absolute Gasteiger partial charge is 0.127 e. The van der Waals surface area contributed by atoms with Gasteiger partial charge in [0.2, 0.25) is 0 Å². The molecule has 1 unspecified atom stereocenters. The third kappa shape index (κ3) is 2.87. The van der Waals surface area contributed by atoms with Crippen molar-refractivity contribution in [1.82, 2.24) is 0 Å². The van der Waals surface area contributed by atoms with Crippen LogP contribution in [-0.4, -0.2) is 11.9 Å². The number of rotatable bonds is 5. The number of nitrogens with two attached hydrogens (primary N) is 1. The third-order valence-electron chi connectivity index (χ3n) is 3.20. The Hall–Kier alpha value is -2.03. The summed E-state index contributed by atoms with van der Waals surface area (Å²) in [7, 11) is 0. The first kappa shape index (κ1) is 13.4. The van der Waals surface area contributed by atoms with Crippen LogP contribution >= 0.6 is 0 Å². The maximum absolute atomic E-state index is 7.63. The van der Waals surface area contributed by atoms with E-state index in [4.69, 9.17) is 15.9 Å². The monoisotopic (exact) mass is 256 g/mol. The molecule has 1 atom stereocenters. The molecule has 0 aromatic heterocycles. The summed E-state index contributed by atoms with van der Waals surface area (Å²) >= 11 is 0. The molecule has 0 heterocycles. The van der Waals surface area contributed by atoms with Crippen LogP contribution in [0.2, 0.25) is 0 Å². The second kappa shape index (κ2) is 5.74. The molecule has 0 radical (unpaired) electrons. The van der Waals surface area contributed by atoms with E-state index in [0.29, 0.717) is 0 Å². The van der Waals surface area contributed by atoms with Gasteiger partial charge in [-0.25, -0.2) is 0 Å². The Morgan fingerprint density at radius 3 is 2.53 bits per heavy atom. The molecule has 0 aliphatic heterocycles. The highest BCUT2D eigenvalue weighted by atomic mass is 16.5. The van der Waals surface area contributed by atoms with E-state index in [0.717, 1.165) is 34.9 Å². The topological polar surface area (TPSA) is 59.1 Å². The van der Waals surface area contributed by atoms with Crippen molar-refractivity contribution in [3.8, 4) is 5.75 Å². The van der Waals surface area contributed by atoms with Gasteiger partial charge in [0.25, 0.3) is 0 Å². The SMILES string of the molecule is CCCC(C)Oc1ccc(C(=N)N)c2ccccc12. The summed E-state index contributed by atoms with van der Waals surface area (Å²) in [6.45, 7) is 4.23. The van der Waals surface area contributed by atoms with Crippen LogP contribution in [0.1, 0.15) is 32.3 Å². The first-order valence-electron chi connectivity index (χ1n) is 6.66. The van der Waals surface area contributed by atoms with E-state index in [1.807, 2.05) is 36.4 Å². The standard InChI is InChI=1S/C16H20N2O/c1-3-6-11(2)19-15-10-9-14(16(17)18)12-7-4-5-8-13(12)15/h4-5,7-11H,3,6H2,1-2H3,(H3,17,18). The average Bonchev–Trinajstić information content (AvgIpc) is 2.39. The maximum atomic E-state index is 7.63. The molecule has 0 saturated heterocycles. The van der Waals surface area contributed by atoms with Crippen molar-refractivity contribution in [2.75, 3.05) is 0 Å². The van der Waals surface area contributed by atoms with E-state index >= 15 is 0 Å². The first-order chi connectivity index (χ1) is 9.13. The number of nitrogen functional groups attached to an aromatic ring is 1. The van der Waals surface area contributed by atoms with Gasteiger partial charge in [0.1, 0.15) is 11.6 Å². The second-order valence-corrected chi connectivity index (χ2v) is 4.79. The summed E-state index contributed by atoms with van der Waals surface area (Å²) in [5.41, 5.74) is 6.38. The molecule has 3 nitrogen and oxygen atoms in total. The van der Waals surface area contributed by atoms with Crippen molar-refractivity contribution >= 4 is 16.6 Å². The van der Waals surface area contributed by atoms with E-state index in [9.17, 15) is 0 Å². The van der Waals surface area contributed by atoms with Gasteiger partial charge in [-0.3, -0.25) is 5.41 Å². The fourth-order valence-electron chi connectivity index (χ4n) is 2.29. The zero-order chi connectivity index (χ0) is 13.8. The lowest BCUT2D eigenvalue weighted by Gasteiger charge is -2.16. The summed E-state index contributed by atoms with van der Waals surface area (Å²) in [5, 5.41) is 9.61. The molecule has 0 bridgehead atoms. The maximum Gasteiger partial charge on any atom is 0.127 e. The molecule has 2 aromatic carbocycles. The molecule has 2 aromatic rings. The number of benzene rings is 2. The van der Waals surface area contributed by atoms with E-state index < -0.39 is 0 Å². The highest BCUT2D eigenvalue weighted by Gasteiger charge is 2.10. The minimum atomic E-state index is 0.0874. The summed E-state index contributed by atoms with van der Waals surface area (Å²) in [5.74, 6) is 0.950. The molecule has 0 saturated carbocycles. The Morgan fingerprint density at radius 2 is 1.89 bits per heavy atom. The fourth-order valence-corrected chi connectivity index (χ4v) is 2.29. The molecule has 2 rings (SSSR count). The Labute approximate surface area is 113 Å². The van der Waals surface area contributed by atoms with Gasteiger partial charge in [-0.05, 0) is 30.9 Å². The number of ether oxygens (including phenoxy) is 1. The number of amidine groups is 1. The molecule has 3 heteroatoms. The largest absolute Gasteiger partial charge is 0.490 e. The summed E-state index contributed by atoms with van der Waals surface area (Å²) in [4.78, 5) is 0. The number of hydrogen-bond donors (Lipinski definition) is 2. The Morgan fingerprint density at radius 1 is 1.21 bits per heavy atom. The van der Waals surface area contributed by atoms with Gasteiger partial charge in [0.05, 0.1) is 6.10 Å². The Bertz CT molecular complexity index is 592. The summed E-state index contributed by atoms with van der Waals surface area (Å²) < 4.78 is 5.99. The van der Waals surface area contributed by atoms with Gasteiger partial charge < -0.3 is 10.5 Å². The lowest BCUT2D eigenvalue weighted by atomic mass is 10.0. The van der Waals surface area contributed by atoms with E-state index in [2.05, 4.69) is 13.8 Å². The van der Waals surface area contributed by atoms with Crippen molar-refractivity contribution < 1.29 is 4.74 Å². The Kier molecular flexibility index (Phi) is 4.05. The van der Waals surface area contributed by atoms with Crippen molar-refractivity contribution in [3.63, 3.8) is 0 Å². The molecular weight excluding hydrogens is 236 g/mol. The zero-order valence-corrected chi connectivity index (χ0v) is 11.4. The van der Waals surface area contributed by atoms with Gasteiger partial charge >= 0.3 is 0 Å². The predicted octanol–water partition coefficient (Wildman–Crippen LogP) is 3.69. The quantitative estimate of drug-likeness (QED) is 0.633. The molecule has 3 N–H and O–H groups in total. The number of nitrogens with one attached hydrogen (secondary N) is 1. The second-order valence-electron chi connectivity index (χ2n) is 4.79. The van der Waals surface area contributed by atoms with Crippen LogP contribution in [-0.2, 0) is 0 Å². The summed E-state index contributed by atoms with van der Waals surface area (Å²) in [6.07, 6.45) is 2.32. The highest BCUT2D eigenvalue weighted by molar-refractivity contribution is 6.09. The molecule has 19 heavy (non-hydrogen) atoms. The lowest BCUT2D eigenvalue weighted by molar-refractivity contribution is 0.212. The van der Waals surface area contributed by atoms with Gasteiger partial charge in [0, 0.05) is 10.9 Å². The molecule has 0 aliphatic carbocycles. The van der Waals surface area contributed by atoms with Crippen molar-refractivity contribution in [3.05, 3.63) is 42.0 Å². The van der Waals surface area contributed by atoms with Crippen molar-refractivity contribution in [1.29, 1.82) is 5.41 Å². The van der Waals surface area contributed by atoms with Crippen LogP contribution in [0.25, 0.3) is 10.8 Å². The van der Waals surface area contributed by atoms with Crippen LogP contribution in [0.4, 0.5) is 0 Å². The van der Waals surface area contributed by atoms with Gasteiger partial charge in [-0.1, -0.05) is 37.6 Å². The molecule has 100 valence electrons. The van der Waals surface area contributed by atoms with Crippen LogP contribution in [0.5, 0.6) is 5.75 Å². The lowest BCUT2D eigenvalue weighted by Crippen LogP contribution is -2.13. The third-order valence-corrected chi connectivity index (χ3v) is 3.20. The Balaban J connectivity index is 2.46. The van der Waals surface area contributed by atoms with Crippen LogP contribution in [0.3, 0.4) is 0 Å². The molecule has 0 spiro atoms. The van der Waals surface area contributed by atoms with E-state index in [1.54, 1.807) is 0 Å². The molecule has 0 aliphatic rings. The predicted molar refractivity (Wildman–Crippen MR) is 80.0 cm³/mol. The minimum Gasteiger partial charge on any atom is -0.490 e. The normalized spacial score (nSPS) is 12.3. The summed E-state index contributed by atoms with van der Waals surface area (Å²) in [6, 6.07) is 11.7. The number of hydrogen-bond acceptors (Lipinski definition) is 2. The fraction of sp³-hybridized carbons (Fsp3) is 0.312. The molecular formula is C16H20N2O. The van der Waals surface area contributed by atoms with Crippen molar-refractivity contribution in [2.45, 2.75) is 32.8 Å². The van der Waals surface area contributed by atoms with Crippen molar-refractivity contribution in [2.24, 2.45) is 5.73 Å². The van der Waals surface area contributed by atoms with E-state index in [1.165, 1.54) is 0 Å². The van der Waals surface area contributed by atoms with Crippen LogP contribution < -0.4 is 10.5 Å². The van der Waals surface area contributed by atoms with Gasteiger partial charge in [0.15, 0.2) is 0 Å². The average molecular weight is 256 g/mol. The van der Waals surface area contributed by atoms with Gasteiger partial charge in [-0.2, -0.15) is 0 Å². The molecule has 0 fully saturated rings. The van der Waals surface area contributed by atoms with Crippen LogP contribution in [0, 0.1) is 5.41 Å². The van der Waals surface area contributed by atoms with Gasteiger partial charge in [-0.15, -0.1) is 0 Å². The minimum absolute atomic E-state index is 0.0874. The number of fused-ring (bicyclic) bond motifs is 1. The highest BCUT2D eigenvalue weighted by Crippen LogP contribution is 2.29. The van der Waals surface area contributed by atoms with E-state index in [-0.39, 0.29) is 11.9 Å². The molecule has 0 amide bonds. The zero-order valence-electron chi connectivity index (χ0n) is 11.4.